The fraction of sp³-hybridized carbons (Fsp3) is 1.00. The van der Waals surface area contributed by atoms with E-state index in [1.807, 2.05) is 0 Å². The maximum absolute atomic E-state index is 2.54. The second-order valence-corrected chi connectivity index (χ2v) is 7.06. The predicted molar refractivity (Wildman–Crippen MR) is 76.8 cm³/mol. The summed E-state index contributed by atoms with van der Waals surface area (Å²) in [6.45, 7) is 2.71. The average molecular weight is 250 g/mol. The van der Waals surface area contributed by atoms with Crippen molar-refractivity contribution in [3.05, 3.63) is 0 Å². The Morgan fingerprint density at radius 3 is 1.44 bits per heavy atom. The molecule has 2 aliphatic carbocycles. The zero-order valence-corrected chi connectivity index (χ0v) is 12.3. The lowest BCUT2D eigenvalue weighted by Gasteiger charge is -2.16. The molecule has 2 nitrogen and oxygen atoms in total. The smallest absolute Gasteiger partial charge is 0.0121 e. The van der Waals surface area contributed by atoms with Crippen LogP contribution in [-0.2, 0) is 0 Å². The second-order valence-electron chi connectivity index (χ2n) is 7.06. The van der Waals surface area contributed by atoms with E-state index in [0.29, 0.717) is 0 Å². The summed E-state index contributed by atoms with van der Waals surface area (Å²) in [6, 6.07) is 1.95. The van der Waals surface area contributed by atoms with Crippen molar-refractivity contribution in [2.24, 2.45) is 11.8 Å². The van der Waals surface area contributed by atoms with E-state index in [0.717, 1.165) is 23.9 Å². The molecule has 2 saturated heterocycles. The van der Waals surface area contributed by atoms with Gasteiger partial charge in [-0.2, -0.15) is 0 Å². The molecule has 18 heavy (non-hydrogen) atoms. The van der Waals surface area contributed by atoms with Crippen LogP contribution in [0.5, 0.6) is 0 Å². The first kappa shape index (κ1) is 12.9. The summed E-state index contributed by atoms with van der Waals surface area (Å²) in [5, 5.41) is 0. The SMILES string of the molecule is CN1CC[C@@H]2CCC[C@@H]21.CN1CC[C@H]2CCC[C@H]21. The molecule has 2 heterocycles. The van der Waals surface area contributed by atoms with Gasteiger partial charge in [-0.3, -0.25) is 0 Å². The summed E-state index contributed by atoms with van der Waals surface area (Å²) in [6.07, 6.45) is 11.9. The highest BCUT2D eigenvalue weighted by Gasteiger charge is 2.35. The lowest BCUT2D eigenvalue weighted by Crippen LogP contribution is -2.25. The van der Waals surface area contributed by atoms with Crippen molar-refractivity contribution >= 4 is 0 Å². The molecule has 0 radical (unpaired) electrons. The molecule has 0 bridgehead atoms. The zero-order chi connectivity index (χ0) is 12.5. The van der Waals surface area contributed by atoms with Crippen molar-refractivity contribution in [3.63, 3.8) is 0 Å². The standard InChI is InChI=1S/2C8H15N/c2*1-9-6-5-7-3-2-4-8(7)9/h2*7-8H,2-6H2,1H3/t2*7-,8-/m10/s1. The quantitative estimate of drug-likeness (QED) is 0.652. The summed E-state index contributed by atoms with van der Waals surface area (Å²) in [5.41, 5.74) is 0. The number of hydrogen-bond acceptors (Lipinski definition) is 2. The molecule has 2 saturated carbocycles. The molecule has 4 atom stereocenters. The van der Waals surface area contributed by atoms with Gasteiger partial charge in [-0.05, 0) is 77.5 Å². The summed E-state index contributed by atoms with van der Waals surface area (Å²) in [4.78, 5) is 5.08. The average Bonchev–Trinajstić information content (AvgIpc) is 3.06. The van der Waals surface area contributed by atoms with Crippen LogP contribution in [0.2, 0.25) is 0 Å². The van der Waals surface area contributed by atoms with Crippen LogP contribution in [0.3, 0.4) is 0 Å². The molecule has 0 N–H and O–H groups in total. The fourth-order valence-electron chi connectivity index (χ4n) is 4.94. The molecule has 2 heteroatoms. The highest BCUT2D eigenvalue weighted by molar-refractivity contribution is 4.90. The third-order valence-corrected chi connectivity index (χ3v) is 6.08. The Labute approximate surface area is 113 Å². The highest BCUT2D eigenvalue weighted by Crippen LogP contribution is 2.37. The third kappa shape index (κ3) is 2.46. The van der Waals surface area contributed by atoms with Crippen molar-refractivity contribution in [3.8, 4) is 0 Å². The van der Waals surface area contributed by atoms with Gasteiger partial charge in [-0.1, -0.05) is 12.8 Å². The van der Waals surface area contributed by atoms with Crippen LogP contribution >= 0.6 is 0 Å². The summed E-state index contributed by atoms with van der Waals surface area (Å²) in [5.74, 6) is 2.16. The van der Waals surface area contributed by atoms with E-state index >= 15 is 0 Å². The zero-order valence-electron chi connectivity index (χ0n) is 12.3. The normalized spacial score (nSPS) is 43.7. The van der Waals surface area contributed by atoms with Crippen molar-refractivity contribution in [1.82, 2.24) is 9.80 Å². The number of likely N-dealkylation sites (tertiary alicyclic amines) is 2. The van der Waals surface area contributed by atoms with Crippen molar-refractivity contribution in [2.75, 3.05) is 27.2 Å². The Morgan fingerprint density at radius 1 is 0.611 bits per heavy atom. The van der Waals surface area contributed by atoms with E-state index in [1.165, 1.54) is 64.5 Å². The predicted octanol–water partition coefficient (Wildman–Crippen LogP) is 2.98. The molecule has 104 valence electrons. The van der Waals surface area contributed by atoms with Crippen LogP contribution < -0.4 is 0 Å². The third-order valence-electron chi connectivity index (χ3n) is 6.08. The molecule has 0 aromatic carbocycles. The van der Waals surface area contributed by atoms with Gasteiger partial charge in [0, 0.05) is 12.1 Å². The Hall–Kier alpha value is -0.0800. The van der Waals surface area contributed by atoms with Crippen LogP contribution in [0, 0.1) is 11.8 Å². The second kappa shape index (κ2) is 5.50. The van der Waals surface area contributed by atoms with Gasteiger partial charge in [-0.25, -0.2) is 0 Å². The van der Waals surface area contributed by atoms with Crippen LogP contribution in [0.25, 0.3) is 0 Å². The first-order valence-electron chi connectivity index (χ1n) is 8.16. The number of fused-ring (bicyclic) bond motifs is 2. The summed E-state index contributed by atoms with van der Waals surface area (Å²) < 4.78 is 0. The van der Waals surface area contributed by atoms with E-state index in [4.69, 9.17) is 0 Å². The largest absolute Gasteiger partial charge is 0.303 e. The first-order chi connectivity index (χ1) is 8.75. The number of hydrogen-bond donors (Lipinski definition) is 0. The van der Waals surface area contributed by atoms with Gasteiger partial charge < -0.3 is 9.80 Å². The van der Waals surface area contributed by atoms with Gasteiger partial charge >= 0.3 is 0 Å². The molecular formula is C16H30N2. The molecule has 4 rings (SSSR count). The molecule has 0 amide bonds. The van der Waals surface area contributed by atoms with E-state index < -0.39 is 0 Å². The van der Waals surface area contributed by atoms with Gasteiger partial charge in [0.1, 0.15) is 0 Å². The molecule has 0 unspecified atom stereocenters. The minimum atomic E-state index is 0.977. The first-order valence-corrected chi connectivity index (χ1v) is 8.16. The Bertz CT molecular complexity index is 250. The summed E-state index contributed by atoms with van der Waals surface area (Å²) >= 11 is 0. The van der Waals surface area contributed by atoms with Gasteiger partial charge in [0.2, 0.25) is 0 Å². The van der Waals surface area contributed by atoms with Crippen LogP contribution in [0.15, 0.2) is 0 Å². The van der Waals surface area contributed by atoms with Crippen LogP contribution in [-0.4, -0.2) is 49.1 Å². The maximum atomic E-state index is 2.54. The Morgan fingerprint density at radius 2 is 1.06 bits per heavy atom. The monoisotopic (exact) mass is 250 g/mol. The van der Waals surface area contributed by atoms with Gasteiger partial charge in [0.05, 0.1) is 0 Å². The fourth-order valence-corrected chi connectivity index (χ4v) is 4.94. The molecule has 0 spiro atoms. The van der Waals surface area contributed by atoms with E-state index in [1.54, 1.807) is 0 Å². The number of rotatable bonds is 0. The molecular weight excluding hydrogens is 220 g/mol. The maximum Gasteiger partial charge on any atom is 0.0121 e. The van der Waals surface area contributed by atoms with Gasteiger partial charge in [0.25, 0.3) is 0 Å². The van der Waals surface area contributed by atoms with Gasteiger partial charge in [-0.15, -0.1) is 0 Å². The minimum Gasteiger partial charge on any atom is -0.303 e. The van der Waals surface area contributed by atoms with Crippen molar-refractivity contribution < 1.29 is 0 Å². The minimum absolute atomic E-state index is 0.977. The number of nitrogens with zero attached hydrogens (tertiary/aromatic N) is 2. The lowest BCUT2D eigenvalue weighted by atomic mass is 10.1. The van der Waals surface area contributed by atoms with Crippen molar-refractivity contribution in [2.45, 2.75) is 63.5 Å². The van der Waals surface area contributed by atoms with E-state index in [-0.39, 0.29) is 0 Å². The van der Waals surface area contributed by atoms with Gasteiger partial charge in [0.15, 0.2) is 0 Å². The van der Waals surface area contributed by atoms with E-state index in [2.05, 4.69) is 23.9 Å². The molecule has 4 aliphatic rings. The summed E-state index contributed by atoms with van der Waals surface area (Å²) in [7, 11) is 4.55. The topological polar surface area (TPSA) is 6.48 Å². The van der Waals surface area contributed by atoms with Crippen LogP contribution in [0.1, 0.15) is 51.4 Å². The molecule has 0 aromatic rings. The Kier molecular flexibility index (Phi) is 3.95. The van der Waals surface area contributed by atoms with E-state index in [9.17, 15) is 0 Å². The molecule has 0 aromatic heterocycles. The highest BCUT2D eigenvalue weighted by atomic mass is 15.2. The van der Waals surface area contributed by atoms with Crippen LogP contribution in [0.4, 0.5) is 0 Å². The lowest BCUT2D eigenvalue weighted by molar-refractivity contribution is 0.294. The Balaban J connectivity index is 0.000000111. The molecule has 2 aliphatic heterocycles. The molecule has 4 fully saturated rings. The van der Waals surface area contributed by atoms with Crippen molar-refractivity contribution in [1.29, 1.82) is 0 Å².